The lowest BCUT2D eigenvalue weighted by Crippen LogP contribution is -2.49. The summed E-state index contributed by atoms with van der Waals surface area (Å²) in [5.74, 6) is -1.79. The average molecular weight is 252 g/mol. The lowest BCUT2D eigenvalue weighted by atomic mass is 9.99. The Morgan fingerprint density at radius 2 is 1.78 bits per heavy atom. The van der Waals surface area contributed by atoms with Crippen molar-refractivity contribution in [2.45, 2.75) is 25.4 Å². The first-order chi connectivity index (χ1) is 8.41. The molecule has 0 radical (unpaired) electrons. The predicted octanol–water partition coefficient (Wildman–Crippen LogP) is -1.12. The molecule has 2 heterocycles. The zero-order valence-corrected chi connectivity index (χ0v) is 10.2. The first-order valence-corrected chi connectivity index (χ1v) is 6.27. The minimum absolute atomic E-state index is 0.0231. The van der Waals surface area contributed by atoms with Gasteiger partial charge in [-0.3, -0.25) is 19.7 Å². The molecule has 2 N–H and O–H groups in total. The Morgan fingerprint density at radius 3 is 2.22 bits per heavy atom. The van der Waals surface area contributed by atoms with Crippen molar-refractivity contribution in [3.8, 4) is 0 Å². The molecule has 6 nitrogen and oxygen atoms in total. The number of rotatable bonds is 2. The highest BCUT2D eigenvalue weighted by molar-refractivity contribution is 6.06. The Morgan fingerprint density at radius 1 is 1.28 bits per heavy atom. The largest absolute Gasteiger partial charge is 0.380 e. The van der Waals surface area contributed by atoms with Crippen LogP contribution in [0.3, 0.4) is 0 Å². The number of amides is 3. The van der Waals surface area contributed by atoms with Gasteiger partial charge in [0, 0.05) is 13.1 Å². The smallest absolute Gasteiger partial charge is 0.254 e. The van der Waals surface area contributed by atoms with E-state index in [-0.39, 0.29) is 36.7 Å². The lowest BCUT2D eigenvalue weighted by Gasteiger charge is -2.28. The lowest BCUT2D eigenvalue weighted by molar-refractivity contribution is -0.151. The molecule has 1 saturated carbocycles. The molecule has 3 atom stereocenters. The van der Waals surface area contributed by atoms with E-state index in [1.807, 2.05) is 0 Å². The Hall–Kier alpha value is -1.43. The highest BCUT2D eigenvalue weighted by atomic mass is 16.3. The van der Waals surface area contributed by atoms with E-state index >= 15 is 0 Å². The van der Waals surface area contributed by atoms with Gasteiger partial charge < -0.3 is 10.0 Å². The molecule has 3 amide bonds. The van der Waals surface area contributed by atoms with E-state index in [4.69, 9.17) is 0 Å². The van der Waals surface area contributed by atoms with E-state index in [1.54, 1.807) is 0 Å². The summed E-state index contributed by atoms with van der Waals surface area (Å²) < 4.78 is 0. The van der Waals surface area contributed by atoms with Gasteiger partial charge in [0.15, 0.2) is 0 Å². The van der Waals surface area contributed by atoms with Crippen LogP contribution in [0.25, 0.3) is 0 Å². The third-order valence-electron chi connectivity index (χ3n) is 4.33. The molecule has 3 rings (SSSR count). The van der Waals surface area contributed by atoms with E-state index < -0.39 is 17.4 Å². The number of aliphatic hydroxyl groups is 1. The van der Waals surface area contributed by atoms with Crippen molar-refractivity contribution in [3.05, 3.63) is 0 Å². The van der Waals surface area contributed by atoms with Gasteiger partial charge in [0.2, 0.25) is 11.8 Å². The minimum Gasteiger partial charge on any atom is -0.380 e. The molecule has 98 valence electrons. The summed E-state index contributed by atoms with van der Waals surface area (Å²) in [6.45, 7) is 2.01. The van der Waals surface area contributed by atoms with Gasteiger partial charge in [-0.05, 0) is 25.7 Å². The van der Waals surface area contributed by atoms with Gasteiger partial charge >= 0.3 is 0 Å². The van der Waals surface area contributed by atoms with Gasteiger partial charge in [0.05, 0.1) is 11.8 Å². The summed E-state index contributed by atoms with van der Waals surface area (Å²) in [5, 5.41) is 12.5. The normalized spacial score (nSPS) is 34.2. The van der Waals surface area contributed by atoms with Gasteiger partial charge in [-0.1, -0.05) is 0 Å². The first-order valence-electron chi connectivity index (χ1n) is 6.27. The summed E-state index contributed by atoms with van der Waals surface area (Å²) in [5.41, 5.74) is -1.35. The fourth-order valence-corrected chi connectivity index (χ4v) is 2.95. The van der Waals surface area contributed by atoms with E-state index in [0.29, 0.717) is 0 Å². The second-order valence-corrected chi connectivity index (χ2v) is 5.70. The van der Waals surface area contributed by atoms with Crippen LogP contribution < -0.4 is 5.32 Å². The number of nitrogens with zero attached hydrogens (tertiary/aromatic N) is 1. The molecule has 3 fully saturated rings. The Balaban J connectivity index is 1.74. The summed E-state index contributed by atoms with van der Waals surface area (Å²) in [7, 11) is 0. The quantitative estimate of drug-likeness (QED) is 0.609. The van der Waals surface area contributed by atoms with Crippen LogP contribution >= 0.6 is 0 Å². The van der Waals surface area contributed by atoms with Crippen LogP contribution in [0, 0.1) is 17.8 Å². The van der Waals surface area contributed by atoms with Crippen molar-refractivity contribution in [1.82, 2.24) is 10.2 Å². The van der Waals surface area contributed by atoms with E-state index in [9.17, 15) is 19.5 Å². The van der Waals surface area contributed by atoms with Crippen LogP contribution in [0.1, 0.15) is 19.8 Å². The zero-order chi connectivity index (χ0) is 13.1. The van der Waals surface area contributed by atoms with Crippen LogP contribution in [-0.4, -0.2) is 46.4 Å². The SMILES string of the molecule is CC(O)(C(=O)N1C[C@@H]2C(=O)NC(=O)[C@@H]2C1)C1CC1. The summed E-state index contributed by atoms with van der Waals surface area (Å²) in [6.07, 6.45) is 1.72. The number of hydrogen-bond donors (Lipinski definition) is 2. The number of fused-ring (bicyclic) bond motifs is 1. The summed E-state index contributed by atoms with van der Waals surface area (Å²) >= 11 is 0. The molecular formula is C12H16N2O4. The van der Waals surface area contributed by atoms with Crippen molar-refractivity contribution in [1.29, 1.82) is 0 Å². The summed E-state index contributed by atoms with van der Waals surface area (Å²) in [4.78, 5) is 36.7. The molecule has 3 aliphatic rings. The molecule has 0 aromatic rings. The van der Waals surface area contributed by atoms with E-state index in [1.165, 1.54) is 11.8 Å². The summed E-state index contributed by atoms with van der Waals surface area (Å²) in [6, 6.07) is 0. The third kappa shape index (κ3) is 1.55. The molecular weight excluding hydrogens is 236 g/mol. The van der Waals surface area contributed by atoms with Crippen molar-refractivity contribution in [3.63, 3.8) is 0 Å². The maximum Gasteiger partial charge on any atom is 0.254 e. The van der Waals surface area contributed by atoms with Crippen molar-refractivity contribution >= 4 is 17.7 Å². The van der Waals surface area contributed by atoms with Crippen LogP contribution in [0.5, 0.6) is 0 Å². The fraction of sp³-hybridized carbons (Fsp3) is 0.750. The van der Waals surface area contributed by atoms with Crippen molar-refractivity contribution in [2.75, 3.05) is 13.1 Å². The standard InChI is InChI=1S/C12H16N2O4/c1-12(18,6-2-3-6)11(17)14-4-7-8(5-14)10(16)13-9(7)15/h6-8,18H,2-5H2,1H3,(H,13,15,16)/t7-,8+,12?. The van der Waals surface area contributed by atoms with Gasteiger partial charge in [-0.15, -0.1) is 0 Å². The van der Waals surface area contributed by atoms with Gasteiger partial charge in [-0.25, -0.2) is 0 Å². The second kappa shape index (κ2) is 3.54. The number of imide groups is 1. The predicted molar refractivity (Wildman–Crippen MR) is 60.1 cm³/mol. The molecule has 18 heavy (non-hydrogen) atoms. The molecule has 0 spiro atoms. The van der Waals surface area contributed by atoms with Crippen LogP contribution in [0.4, 0.5) is 0 Å². The maximum atomic E-state index is 12.2. The number of carbonyl (C=O) groups is 3. The van der Waals surface area contributed by atoms with E-state index in [0.717, 1.165) is 12.8 Å². The Bertz CT molecular complexity index is 419. The van der Waals surface area contributed by atoms with Crippen molar-refractivity contribution in [2.24, 2.45) is 17.8 Å². The second-order valence-electron chi connectivity index (χ2n) is 5.70. The first kappa shape index (κ1) is 11.6. The molecule has 2 aliphatic heterocycles. The molecule has 0 bridgehead atoms. The van der Waals surface area contributed by atoms with Crippen LogP contribution in [0.2, 0.25) is 0 Å². The highest BCUT2D eigenvalue weighted by Crippen LogP contribution is 2.41. The fourth-order valence-electron chi connectivity index (χ4n) is 2.95. The average Bonchev–Trinajstić information content (AvgIpc) is 3.01. The van der Waals surface area contributed by atoms with Gasteiger partial charge in [-0.2, -0.15) is 0 Å². The topological polar surface area (TPSA) is 86.7 Å². The minimum atomic E-state index is -1.35. The monoisotopic (exact) mass is 252 g/mol. The van der Waals surface area contributed by atoms with Gasteiger partial charge in [0.25, 0.3) is 5.91 Å². The van der Waals surface area contributed by atoms with Crippen molar-refractivity contribution < 1.29 is 19.5 Å². The molecule has 0 aromatic carbocycles. The Kier molecular flexibility index (Phi) is 2.29. The molecule has 1 aliphatic carbocycles. The number of nitrogens with one attached hydrogen (secondary N) is 1. The number of likely N-dealkylation sites (tertiary alicyclic amines) is 1. The highest BCUT2D eigenvalue weighted by Gasteiger charge is 2.53. The van der Waals surface area contributed by atoms with Crippen LogP contribution in [0.15, 0.2) is 0 Å². The molecule has 0 aromatic heterocycles. The molecule has 6 heteroatoms. The van der Waals surface area contributed by atoms with E-state index in [2.05, 4.69) is 5.32 Å². The molecule has 1 unspecified atom stereocenters. The zero-order valence-electron chi connectivity index (χ0n) is 10.2. The Labute approximate surface area is 104 Å². The number of hydrogen-bond acceptors (Lipinski definition) is 4. The van der Waals surface area contributed by atoms with Gasteiger partial charge in [0.1, 0.15) is 5.60 Å². The molecule has 2 saturated heterocycles. The number of carbonyl (C=O) groups excluding carboxylic acids is 3. The maximum absolute atomic E-state index is 12.2. The van der Waals surface area contributed by atoms with Crippen LogP contribution in [-0.2, 0) is 14.4 Å². The third-order valence-corrected chi connectivity index (χ3v) is 4.33.